The van der Waals surface area contributed by atoms with Gasteiger partial charge in [0.05, 0.1) is 5.92 Å². The molecule has 3 aromatic carbocycles. The molecule has 8 heteroatoms. The highest BCUT2D eigenvalue weighted by Crippen LogP contribution is 2.29. The van der Waals surface area contributed by atoms with Crippen LogP contribution in [0.15, 0.2) is 71.2 Å². The highest BCUT2D eigenvalue weighted by molar-refractivity contribution is 9.10. The molecular weight excluding hydrogens is 512 g/mol. The largest absolute Gasteiger partial charge is 0.457 e. The number of carbonyl (C=O) groups excluding carboxylic acids is 3. The fraction of sp³-hybridized carbons (Fsp3) is 0.222. The number of esters is 1. The molecule has 0 aromatic heterocycles. The van der Waals surface area contributed by atoms with Crippen molar-refractivity contribution in [3.63, 3.8) is 0 Å². The van der Waals surface area contributed by atoms with Gasteiger partial charge in [-0.2, -0.15) is 0 Å². The van der Waals surface area contributed by atoms with E-state index in [1.807, 2.05) is 32.0 Å². The molecule has 0 saturated carbocycles. The highest BCUT2D eigenvalue weighted by atomic mass is 79.9. The van der Waals surface area contributed by atoms with Crippen LogP contribution in [0.4, 0.5) is 11.4 Å². The Morgan fingerprint density at radius 2 is 1.66 bits per heavy atom. The minimum absolute atomic E-state index is 0.0358. The van der Waals surface area contributed by atoms with Crippen LogP contribution in [0.1, 0.15) is 17.5 Å². The van der Waals surface area contributed by atoms with Crippen LogP contribution in [0.25, 0.3) is 0 Å². The molecule has 0 radical (unpaired) electrons. The van der Waals surface area contributed by atoms with Crippen molar-refractivity contribution >= 4 is 45.1 Å². The van der Waals surface area contributed by atoms with E-state index in [1.54, 1.807) is 53.4 Å². The number of halogens is 1. The molecule has 1 saturated heterocycles. The molecular formula is C27H25BrN2O5. The van der Waals surface area contributed by atoms with Crippen molar-refractivity contribution in [1.29, 1.82) is 0 Å². The van der Waals surface area contributed by atoms with Crippen LogP contribution in [0.2, 0.25) is 0 Å². The van der Waals surface area contributed by atoms with Crippen molar-refractivity contribution in [3.8, 4) is 11.5 Å². The van der Waals surface area contributed by atoms with E-state index in [9.17, 15) is 14.4 Å². The van der Waals surface area contributed by atoms with Gasteiger partial charge in [-0.05, 0) is 85.6 Å². The second kappa shape index (κ2) is 10.7. The Kier molecular flexibility index (Phi) is 7.51. The Morgan fingerprint density at radius 3 is 2.34 bits per heavy atom. The van der Waals surface area contributed by atoms with E-state index < -0.39 is 24.4 Å². The average Bonchev–Trinajstić information content (AvgIpc) is 3.23. The van der Waals surface area contributed by atoms with Gasteiger partial charge in [-0.3, -0.25) is 14.4 Å². The monoisotopic (exact) mass is 536 g/mol. The van der Waals surface area contributed by atoms with Crippen molar-refractivity contribution in [2.75, 3.05) is 23.4 Å². The van der Waals surface area contributed by atoms with Crippen LogP contribution >= 0.6 is 15.9 Å². The third kappa shape index (κ3) is 6.27. The predicted octanol–water partition coefficient (Wildman–Crippen LogP) is 5.39. The van der Waals surface area contributed by atoms with Crippen LogP contribution in [0.5, 0.6) is 11.5 Å². The number of ether oxygens (including phenoxy) is 2. The lowest BCUT2D eigenvalue weighted by atomic mass is 10.1. The second-order valence-corrected chi connectivity index (χ2v) is 9.33. The van der Waals surface area contributed by atoms with Gasteiger partial charge in [0.2, 0.25) is 5.91 Å². The van der Waals surface area contributed by atoms with Gasteiger partial charge in [0.15, 0.2) is 6.61 Å². The summed E-state index contributed by atoms with van der Waals surface area (Å²) in [5, 5.41) is 2.66. The fourth-order valence-electron chi connectivity index (χ4n) is 3.71. The van der Waals surface area contributed by atoms with Gasteiger partial charge in [0.25, 0.3) is 5.91 Å². The van der Waals surface area contributed by atoms with Crippen LogP contribution in [0.3, 0.4) is 0 Å². The first-order valence-corrected chi connectivity index (χ1v) is 12.0. The smallest absolute Gasteiger partial charge is 0.311 e. The summed E-state index contributed by atoms with van der Waals surface area (Å²) in [6.45, 7) is 3.86. The fourth-order valence-corrected chi connectivity index (χ4v) is 3.97. The number of aryl methyl sites for hydroxylation is 2. The summed E-state index contributed by atoms with van der Waals surface area (Å²) in [6.07, 6.45) is 0.0358. The molecule has 1 aliphatic heterocycles. The first-order valence-electron chi connectivity index (χ1n) is 11.2. The Bertz CT molecular complexity index is 1240. The molecule has 2 amide bonds. The maximum Gasteiger partial charge on any atom is 0.311 e. The molecule has 1 heterocycles. The molecule has 0 spiro atoms. The number of carbonyl (C=O) groups is 3. The Balaban J connectivity index is 1.29. The number of anilines is 2. The van der Waals surface area contributed by atoms with Crippen molar-refractivity contribution < 1.29 is 23.9 Å². The molecule has 4 rings (SSSR count). The normalized spacial score (nSPS) is 15.1. The van der Waals surface area contributed by atoms with Crippen molar-refractivity contribution in [2.45, 2.75) is 20.3 Å². The van der Waals surface area contributed by atoms with Gasteiger partial charge < -0.3 is 19.7 Å². The summed E-state index contributed by atoms with van der Waals surface area (Å²) in [6, 6.07) is 20.1. The standard InChI is InChI=1S/C27H25BrN2O5/c1-17-3-10-24(13-18(17)2)35-23-11-8-22(9-12-23)30-15-19(14-26(30)32)27(33)34-16-25(31)29-21-6-4-20(28)5-7-21/h3-13,19H,14-16H2,1-2H3,(H,29,31)/t19-/m1/s1. The number of benzene rings is 3. The SMILES string of the molecule is Cc1ccc(Oc2ccc(N3C[C@H](C(=O)OCC(=O)Nc4ccc(Br)cc4)CC3=O)cc2)cc1C. The van der Waals surface area contributed by atoms with E-state index in [0.717, 1.165) is 15.8 Å². The van der Waals surface area contributed by atoms with Gasteiger partial charge in [-0.15, -0.1) is 0 Å². The molecule has 0 unspecified atom stereocenters. The average molecular weight is 537 g/mol. The maximum atomic E-state index is 12.5. The van der Waals surface area contributed by atoms with Crippen LogP contribution in [-0.4, -0.2) is 30.9 Å². The molecule has 3 aromatic rings. The predicted molar refractivity (Wildman–Crippen MR) is 137 cm³/mol. The van der Waals surface area contributed by atoms with E-state index in [4.69, 9.17) is 9.47 Å². The molecule has 1 atom stereocenters. The van der Waals surface area contributed by atoms with Gasteiger partial charge >= 0.3 is 5.97 Å². The number of nitrogens with one attached hydrogen (secondary N) is 1. The molecule has 35 heavy (non-hydrogen) atoms. The number of rotatable bonds is 7. The molecule has 7 nitrogen and oxygen atoms in total. The van der Waals surface area contributed by atoms with Gasteiger partial charge in [0, 0.05) is 28.8 Å². The minimum atomic E-state index is -0.630. The molecule has 1 N–H and O–H groups in total. The lowest BCUT2D eigenvalue weighted by molar-refractivity contribution is -0.151. The lowest BCUT2D eigenvalue weighted by Gasteiger charge is -2.17. The first kappa shape index (κ1) is 24.5. The maximum absolute atomic E-state index is 12.5. The van der Waals surface area contributed by atoms with Crippen molar-refractivity contribution in [2.24, 2.45) is 5.92 Å². The number of hydrogen-bond donors (Lipinski definition) is 1. The Morgan fingerprint density at radius 1 is 0.971 bits per heavy atom. The Hall–Kier alpha value is -3.65. The number of hydrogen-bond acceptors (Lipinski definition) is 5. The van der Waals surface area contributed by atoms with Crippen LogP contribution < -0.4 is 15.0 Å². The lowest BCUT2D eigenvalue weighted by Crippen LogP contribution is -2.28. The van der Waals surface area contributed by atoms with E-state index in [2.05, 4.69) is 21.2 Å². The topological polar surface area (TPSA) is 84.9 Å². The zero-order valence-electron chi connectivity index (χ0n) is 19.4. The van der Waals surface area contributed by atoms with Crippen molar-refractivity contribution in [3.05, 3.63) is 82.3 Å². The van der Waals surface area contributed by atoms with Gasteiger partial charge in [-0.1, -0.05) is 22.0 Å². The summed E-state index contributed by atoms with van der Waals surface area (Å²) in [5.74, 6) is -0.423. The summed E-state index contributed by atoms with van der Waals surface area (Å²) in [5.41, 5.74) is 3.61. The number of nitrogens with zero attached hydrogens (tertiary/aromatic N) is 1. The molecule has 1 aliphatic rings. The Labute approximate surface area is 212 Å². The summed E-state index contributed by atoms with van der Waals surface area (Å²) >= 11 is 3.33. The van der Waals surface area contributed by atoms with Crippen LogP contribution in [0, 0.1) is 19.8 Å². The summed E-state index contributed by atoms with van der Waals surface area (Å²) in [7, 11) is 0. The summed E-state index contributed by atoms with van der Waals surface area (Å²) in [4.78, 5) is 38.6. The zero-order chi connectivity index (χ0) is 24.9. The second-order valence-electron chi connectivity index (χ2n) is 8.41. The van der Waals surface area contributed by atoms with E-state index >= 15 is 0 Å². The third-order valence-electron chi connectivity index (χ3n) is 5.79. The van der Waals surface area contributed by atoms with E-state index in [-0.39, 0.29) is 18.9 Å². The molecule has 0 aliphatic carbocycles. The quantitative estimate of drug-likeness (QED) is 0.409. The first-order chi connectivity index (χ1) is 16.8. The van der Waals surface area contributed by atoms with Gasteiger partial charge in [0.1, 0.15) is 11.5 Å². The van der Waals surface area contributed by atoms with E-state index in [1.165, 1.54) is 5.56 Å². The molecule has 180 valence electrons. The number of amides is 2. The third-order valence-corrected chi connectivity index (χ3v) is 6.32. The molecule has 0 bridgehead atoms. The van der Waals surface area contributed by atoms with Gasteiger partial charge in [-0.25, -0.2) is 0 Å². The minimum Gasteiger partial charge on any atom is -0.457 e. The zero-order valence-corrected chi connectivity index (χ0v) is 21.0. The van der Waals surface area contributed by atoms with Crippen molar-refractivity contribution in [1.82, 2.24) is 0 Å². The summed E-state index contributed by atoms with van der Waals surface area (Å²) < 4.78 is 12.0. The molecule has 1 fully saturated rings. The van der Waals surface area contributed by atoms with E-state index in [0.29, 0.717) is 17.1 Å². The van der Waals surface area contributed by atoms with Crippen LogP contribution in [-0.2, 0) is 19.1 Å². The highest BCUT2D eigenvalue weighted by Gasteiger charge is 2.36.